The average Bonchev–Trinajstić information content (AvgIpc) is 3.83. The molecule has 458 valence electrons. The van der Waals surface area contributed by atoms with Crippen LogP contribution >= 0.6 is 0 Å². The molecule has 4 saturated heterocycles. The first kappa shape index (κ1) is 63.8. The minimum Gasteiger partial charge on any atom is -0.396 e. The molecule has 0 aromatic carbocycles. The number of aliphatic hydroxyl groups excluding tert-OH is 15. The van der Waals surface area contributed by atoms with E-state index in [2.05, 4.69) is 47.6 Å². The molecular weight excluding hydrogens is 1040 g/mol. The maximum Gasteiger partial charge on any atom is 0.187 e. The summed E-state index contributed by atoms with van der Waals surface area (Å²) in [5.41, 5.74) is -2.04. The third-order valence-electron chi connectivity index (χ3n) is 21.0. The molecule has 24 heteroatoms. The quantitative estimate of drug-likeness (QED) is 0.0615. The van der Waals surface area contributed by atoms with Crippen LogP contribution < -0.4 is 0 Å². The van der Waals surface area contributed by atoms with Gasteiger partial charge >= 0.3 is 0 Å². The Morgan fingerprint density at radius 1 is 0.608 bits per heavy atom. The van der Waals surface area contributed by atoms with Gasteiger partial charge in [-0.2, -0.15) is 0 Å². The molecule has 79 heavy (non-hydrogen) atoms. The summed E-state index contributed by atoms with van der Waals surface area (Å²) in [7, 11) is 0. The smallest absolute Gasteiger partial charge is 0.187 e. The molecule has 3 unspecified atom stereocenters. The molecule has 8 rings (SSSR count). The summed E-state index contributed by atoms with van der Waals surface area (Å²) in [4.78, 5) is 0. The van der Waals surface area contributed by atoms with Crippen LogP contribution in [0.1, 0.15) is 113 Å². The van der Waals surface area contributed by atoms with E-state index in [1.165, 1.54) is 19.4 Å². The predicted molar refractivity (Wildman–Crippen MR) is 272 cm³/mol. The second kappa shape index (κ2) is 24.3. The lowest BCUT2D eigenvalue weighted by atomic mass is 9.38. The van der Waals surface area contributed by atoms with Crippen molar-refractivity contribution in [1.82, 2.24) is 0 Å². The van der Waals surface area contributed by atoms with Gasteiger partial charge in [0.1, 0.15) is 91.6 Å². The Hall–Kier alpha value is -1.22. The molecule has 0 spiro atoms. The largest absolute Gasteiger partial charge is 0.396 e. The van der Waals surface area contributed by atoms with Crippen LogP contribution in [0.3, 0.4) is 0 Å². The van der Waals surface area contributed by atoms with Gasteiger partial charge in [0.25, 0.3) is 0 Å². The van der Waals surface area contributed by atoms with E-state index in [1.807, 2.05) is 0 Å². The number of hydrogen-bond acceptors (Lipinski definition) is 24. The van der Waals surface area contributed by atoms with Crippen molar-refractivity contribution in [1.29, 1.82) is 0 Å². The van der Waals surface area contributed by atoms with Gasteiger partial charge < -0.3 is 120 Å². The van der Waals surface area contributed by atoms with Crippen molar-refractivity contribution in [3.05, 3.63) is 11.6 Å². The van der Waals surface area contributed by atoms with Crippen LogP contribution in [0.25, 0.3) is 0 Å². The van der Waals surface area contributed by atoms with Crippen molar-refractivity contribution in [3.63, 3.8) is 0 Å². The highest BCUT2D eigenvalue weighted by Gasteiger charge is 2.70. The van der Waals surface area contributed by atoms with Gasteiger partial charge in [-0.25, -0.2) is 0 Å². The molecule has 0 aromatic heterocycles. The van der Waals surface area contributed by atoms with Gasteiger partial charge in [0.2, 0.25) is 0 Å². The first-order valence-electron chi connectivity index (χ1n) is 28.5. The summed E-state index contributed by atoms with van der Waals surface area (Å²) in [6.45, 7) is 13.8. The molecule has 24 nitrogen and oxygen atoms in total. The van der Waals surface area contributed by atoms with Crippen molar-refractivity contribution < 1.29 is 120 Å². The fourth-order valence-electron chi connectivity index (χ4n) is 15.8. The topological polar surface area (TPSA) is 398 Å². The first-order chi connectivity index (χ1) is 36.9. The SMILES string of the molecule is C[C@H](CC[C@@H](O[C@@H]1O[C@H](CO[C@H]2O[C@H](CO)[C@@H](O)[C@H](O)[C@H]2O)[C@@H](O)[C@H](O)[C@H]1O[C@@H]1O[C@H](CO)[C@@H](O)[C@H](O)[C@H]1O)C(C)(C)O)C1CC[C@@]2(C)C3CC=C4C(CC[C@H](O[C@@H]5O[C@H](CCO)[C@@H](O)[C@H](O)[C@H]5O)C4(C)C)[C@]3(C)[C@H](O)C[C@]12C. The molecule has 16 N–H and O–H groups in total. The van der Waals surface area contributed by atoms with E-state index in [4.69, 9.17) is 37.9 Å². The highest BCUT2D eigenvalue weighted by Crippen LogP contribution is 2.75. The summed E-state index contributed by atoms with van der Waals surface area (Å²) in [5, 5.41) is 172. The molecular formula is C55H94O24. The van der Waals surface area contributed by atoms with Gasteiger partial charge in [-0.3, -0.25) is 0 Å². The molecule has 8 aliphatic rings. The van der Waals surface area contributed by atoms with Crippen LogP contribution in [0.5, 0.6) is 0 Å². The van der Waals surface area contributed by atoms with E-state index < -0.39 is 177 Å². The Kier molecular flexibility index (Phi) is 19.6. The van der Waals surface area contributed by atoms with E-state index in [0.29, 0.717) is 32.1 Å². The Labute approximate surface area is 461 Å². The Morgan fingerprint density at radius 3 is 1.72 bits per heavy atom. The van der Waals surface area contributed by atoms with Crippen molar-refractivity contribution in [2.75, 3.05) is 26.4 Å². The second-order valence-electron chi connectivity index (χ2n) is 26.2. The zero-order valence-corrected chi connectivity index (χ0v) is 46.8. The normalized spacial score (nSPS) is 50.9. The number of ether oxygens (including phenoxy) is 8. The van der Waals surface area contributed by atoms with Crippen LogP contribution in [0.15, 0.2) is 11.6 Å². The number of fused-ring (bicyclic) bond motifs is 5. The summed E-state index contributed by atoms with van der Waals surface area (Å²) in [6, 6.07) is 0. The average molecular weight is 1140 g/mol. The molecule has 7 fully saturated rings. The van der Waals surface area contributed by atoms with Gasteiger partial charge in [-0.05, 0) is 106 Å². The van der Waals surface area contributed by atoms with Crippen LogP contribution in [0.2, 0.25) is 0 Å². The minimum absolute atomic E-state index is 0.00699. The van der Waals surface area contributed by atoms with Gasteiger partial charge in [0.15, 0.2) is 25.2 Å². The van der Waals surface area contributed by atoms with Gasteiger partial charge in [-0.1, -0.05) is 53.2 Å². The fourth-order valence-corrected chi connectivity index (χ4v) is 15.8. The third kappa shape index (κ3) is 11.4. The van der Waals surface area contributed by atoms with Crippen LogP contribution in [0, 0.1) is 45.3 Å². The lowest BCUT2D eigenvalue weighted by Gasteiger charge is -2.67. The Morgan fingerprint density at radius 2 is 1.14 bits per heavy atom. The summed E-state index contributed by atoms with van der Waals surface area (Å²) >= 11 is 0. The molecule has 3 saturated carbocycles. The van der Waals surface area contributed by atoms with E-state index in [-0.39, 0.29) is 54.0 Å². The van der Waals surface area contributed by atoms with E-state index >= 15 is 0 Å². The lowest BCUT2D eigenvalue weighted by Crippen LogP contribution is -2.65. The Bertz CT molecular complexity index is 2040. The van der Waals surface area contributed by atoms with Crippen LogP contribution in [0.4, 0.5) is 0 Å². The molecule has 0 amide bonds. The number of hydrogen-bond donors (Lipinski definition) is 16. The molecule has 4 aliphatic carbocycles. The highest BCUT2D eigenvalue weighted by molar-refractivity contribution is 5.32. The maximum atomic E-state index is 12.7. The highest BCUT2D eigenvalue weighted by atomic mass is 16.8. The molecule has 4 aliphatic heterocycles. The summed E-state index contributed by atoms with van der Waals surface area (Å²) in [6.07, 6.45) is -27.1. The molecule has 0 bridgehead atoms. The standard InChI is InChI=1S/C55H94O24/c1-23(24-15-17-53(6)31-12-10-25-26(55(31,8)32(59)19-54(24,53)7)11-14-33(51(25,2)3)77-48-44(69)39(64)35(60)27(73-48)16-18-56)9-13-34(52(4,5)71)78-50-46(79-49-45(70)41(66)37(62)29(21-58)75-49)42(67)38(63)30(76-50)22-72-47-43(68)40(65)36(61)28(20-57)74-47/h10,23-24,26-50,56-71H,9,11-22H2,1-8H3/t23-,24?,26?,27-,28-,29-,30-,31?,32-,33+,34-,35-,36-,37-,38-,39+,40+,41+,42+,43-,44-,45-,46-,47+,48+,49+,50+,53+,54-,55+/m1/s1. The number of rotatable bonds is 18. The van der Waals surface area contributed by atoms with Gasteiger partial charge in [-0.15, -0.1) is 0 Å². The molecule has 30 atom stereocenters. The van der Waals surface area contributed by atoms with E-state index in [1.54, 1.807) is 0 Å². The molecule has 0 radical (unpaired) electrons. The monoisotopic (exact) mass is 1140 g/mol. The number of aliphatic hydroxyl groups is 16. The summed E-state index contributed by atoms with van der Waals surface area (Å²) in [5.74, 6) is 0.236. The minimum atomic E-state index is -1.93. The number of allylic oxidation sites excluding steroid dienone is 1. The van der Waals surface area contributed by atoms with Gasteiger partial charge in [0.05, 0.1) is 49.8 Å². The van der Waals surface area contributed by atoms with Gasteiger partial charge in [0, 0.05) is 17.4 Å². The van der Waals surface area contributed by atoms with E-state index in [9.17, 15) is 81.7 Å². The molecule has 0 aromatic rings. The lowest BCUT2D eigenvalue weighted by molar-refractivity contribution is -0.380. The second-order valence-corrected chi connectivity index (χ2v) is 26.2. The predicted octanol–water partition coefficient (Wildman–Crippen LogP) is -2.84. The van der Waals surface area contributed by atoms with Crippen molar-refractivity contribution in [3.8, 4) is 0 Å². The third-order valence-corrected chi connectivity index (χ3v) is 21.0. The van der Waals surface area contributed by atoms with Crippen molar-refractivity contribution in [2.45, 2.75) is 260 Å². The fraction of sp³-hybridized carbons (Fsp3) is 0.964. The van der Waals surface area contributed by atoms with Crippen LogP contribution in [-0.2, 0) is 37.9 Å². The zero-order valence-electron chi connectivity index (χ0n) is 46.8. The Balaban J connectivity index is 0.985. The maximum absolute atomic E-state index is 12.7. The van der Waals surface area contributed by atoms with Crippen LogP contribution in [-0.4, -0.2) is 255 Å². The van der Waals surface area contributed by atoms with Crippen molar-refractivity contribution in [2.24, 2.45) is 45.3 Å². The molecule has 4 heterocycles. The first-order valence-corrected chi connectivity index (χ1v) is 28.5. The van der Waals surface area contributed by atoms with Crippen molar-refractivity contribution >= 4 is 0 Å². The van der Waals surface area contributed by atoms with E-state index in [0.717, 1.165) is 12.8 Å². The summed E-state index contributed by atoms with van der Waals surface area (Å²) < 4.78 is 48.0. The zero-order chi connectivity index (χ0) is 58.2.